The van der Waals surface area contributed by atoms with Crippen molar-refractivity contribution in [3.63, 3.8) is 0 Å². The summed E-state index contributed by atoms with van der Waals surface area (Å²) in [6, 6.07) is 6.04. The summed E-state index contributed by atoms with van der Waals surface area (Å²) in [6.07, 6.45) is 12.0. The highest BCUT2D eigenvalue weighted by Crippen LogP contribution is 2.28. The van der Waals surface area contributed by atoms with Crippen molar-refractivity contribution in [2.75, 3.05) is 32.7 Å². The number of nitrogens with one attached hydrogen (secondary N) is 1. The van der Waals surface area contributed by atoms with Crippen LogP contribution in [0.1, 0.15) is 76.7 Å². The zero-order valence-electron chi connectivity index (χ0n) is 23.2. The first-order valence-electron chi connectivity index (χ1n) is 14.6. The zero-order chi connectivity index (χ0) is 27.3. The number of amides is 2. The number of rotatable bonds is 13. The van der Waals surface area contributed by atoms with E-state index < -0.39 is 12.1 Å². The van der Waals surface area contributed by atoms with Gasteiger partial charge in [0.25, 0.3) is 0 Å². The topological polar surface area (TPSA) is 143 Å². The van der Waals surface area contributed by atoms with E-state index in [0.717, 1.165) is 44.7 Å². The number of guanidine groups is 1. The molecule has 2 aliphatic rings. The van der Waals surface area contributed by atoms with Crippen molar-refractivity contribution >= 4 is 23.5 Å². The van der Waals surface area contributed by atoms with Gasteiger partial charge in [-0.2, -0.15) is 0 Å². The SMILES string of the molecule is CCCCCN1CCN(C(=O)[C@H](CCC2CCCCC2)NC(=O)[C@@H](N)Cc2ccc(N=C(N)N)cc2)CC1. The summed E-state index contributed by atoms with van der Waals surface area (Å²) in [7, 11) is 0. The lowest BCUT2D eigenvalue weighted by Gasteiger charge is -2.37. The molecule has 1 aliphatic carbocycles. The smallest absolute Gasteiger partial charge is 0.245 e. The Morgan fingerprint density at radius 1 is 1.03 bits per heavy atom. The summed E-state index contributed by atoms with van der Waals surface area (Å²) >= 11 is 0. The molecule has 212 valence electrons. The predicted molar refractivity (Wildman–Crippen MR) is 154 cm³/mol. The minimum Gasteiger partial charge on any atom is -0.370 e. The Morgan fingerprint density at radius 3 is 2.34 bits per heavy atom. The van der Waals surface area contributed by atoms with Gasteiger partial charge in [-0.1, -0.05) is 64.0 Å². The minimum absolute atomic E-state index is 0.00401. The molecular formula is C29H49N7O2. The summed E-state index contributed by atoms with van der Waals surface area (Å²) < 4.78 is 0. The number of nitrogens with two attached hydrogens (primary N) is 3. The fourth-order valence-corrected chi connectivity index (χ4v) is 5.61. The van der Waals surface area contributed by atoms with Crippen LogP contribution in [0.5, 0.6) is 0 Å². The summed E-state index contributed by atoms with van der Waals surface area (Å²) in [5, 5.41) is 3.04. The molecular weight excluding hydrogens is 478 g/mol. The van der Waals surface area contributed by atoms with Crippen LogP contribution in [0.2, 0.25) is 0 Å². The van der Waals surface area contributed by atoms with E-state index >= 15 is 0 Å². The molecule has 1 aliphatic heterocycles. The van der Waals surface area contributed by atoms with E-state index in [1.165, 1.54) is 51.4 Å². The van der Waals surface area contributed by atoms with Gasteiger partial charge in [0.15, 0.2) is 5.96 Å². The maximum Gasteiger partial charge on any atom is 0.245 e. The summed E-state index contributed by atoms with van der Waals surface area (Å²) in [4.78, 5) is 35.1. The lowest BCUT2D eigenvalue weighted by Crippen LogP contribution is -2.57. The molecule has 0 radical (unpaired) electrons. The molecule has 0 spiro atoms. The van der Waals surface area contributed by atoms with Crippen LogP contribution in [-0.2, 0) is 16.0 Å². The van der Waals surface area contributed by atoms with Crippen LogP contribution < -0.4 is 22.5 Å². The number of carbonyl (C=O) groups excluding carboxylic acids is 2. The van der Waals surface area contributed by atoms with Crippen molar-refractivity contribution in [1.82, 2.24) is 15.1 Å². The predicted octanol–water partition coefficient (Wildman–Crippen LogP) is 2.64. The first-order valence-corrected chi connectivity index (χ1v) is 14.6. The van der Waals surface area contributed by atoms with Gasteiger partial charge in [-0.05, 0) is 55.8 Å². The second-order valence-electron chi connectivity index (χ2n) is 11.0. The molecule has 2 amide bonds. The highest BCUT2D eigenvalue weighted by molar-refractivity contribution is 5.90. The Labute approximate surface area is 228 Å². The Hall–Kier alpha value is -2.65. The van der Waals surface area contributed by atoms with Gasteiger partial charge in [-0.15, -0.1) is 0 Å². The van der Waals surface area contributed by atoms with Gasteiger partial charge < -0.3 is 27.4 Å². The minimum atomic E-state index is -0.746. The van der Waals surface area contributed by atoms with Crippen LogP contribution in [0.25, 0.3) is 0 Å². The number of nitrogens with zero attached hydrogens (tertiary/aromatic N) is 3. The number of aliphatic imine (C=N–C) groups is 1. The Bertz CT molecular complexity index is 887. The van der Waals surface area contributed by atoms with Crippen LogP contribution in [0.4, 0.5) is 5.69 Å². The average molecular weight is 528 g/mol. The molecule has 0 unspecified atom stereocenters. The second kappa shape index (κ2) is 15.7. The summed E-state index contributed by atoms with van der Waals surface area (Å²) in [6.45, 7) is 6.54. The van der Waals surface area contributed by atoms with Crippen molar-refractivity contribution in [3.05, 3.63) is 29.8 Å². The molecule has 0 aromatic heterocycles. The maximum atomic E-state index is 13.6. The van der Waals surface area contributed by atoms with Gasteiger partial charge in [0.05, 0.1) is 11.7 Å². The molecule has 9 nitrogen and oxygen atoms in total. The van der Waals surface area contributed by atoms with E-state index in [0.29, 0.717) is 24.4 Å². The van der Waals surface area contributed by atoms with E-state index in [9.17, 15) is 9.59 Å². The third kappa shape index (κ3) is 9.91. The molecule has 2 fully saturated rings. The van der Waals surface area contributed by atoms with E-state index in [2.05, 4.69) is 22.1 Å². The quantitative estimate of drug-likeness (QED) is 0.176. The Balaban J connectivity index is 1.57. The van der Waals surface area contributed by atoms with Gasteiger partial charge in [0.1, 0.15) is 6.04 Å². The first-order chi connectivity index (χ1) is 18.4. The Kier molecular flexibility index (Phi) is 12.3. The summed E-state index contributed by atoms with van der Waals surface area (Å²) in [5.74, 6) is 0.397. The third-order valence-corrected chi connectivity index (χ3v) is 7.95. The molecule has 0 bridgehead atoms. The van der Waals surface area contributed by atoms with Crippen molar-refractivity contribution in [1.29, 1.82) is 0 Å². The molecule has 1 heterocycles. The first kappa shape index (κ1) is 29.9. The number of hydrogen-bond donors (Lipinski definition) is 4. The van der Waals surface area contributed by atoms with Gasteiger partial charge in [0.2, 0.25) is 11.8 Å². The molecule has 1 saturated carbocycles. The monoisotopic (exact) mass is 527 g/mol. The second-order valence-corrected chi connectivity index (χ2v) is 11.0. The fourth-order valence-electron chi connectivity index (χ4n) is 5.61. The highest BCUT2D eigenvalue weighted by Gasteiger charge is 2.30. The van der Waals surface area contributed by atoms with Crippen LogP contribution >= 0.6 is 0 Å². The Morgan fingerprint density at radius 2 is 1.71 bits per heavy atom. The number of piperazine rings is 1. The lowest BCUT2D eigenvalue weighted by atomic mass is 9.85. The standard InChI is InChI=1S/C29H49N7O2/c1-2-3-7-16-35-17-19-36(20-18-35)28(38)26(15-12-22-8-5-4-6-9-22)34-27(37)25(30)21-23-10-13-24(14-11-23)33-29(31)32/h10-11,13-14,22,25-26H,2-9,12,15-21,30H2,1H3,(H,34,37)(H4,31,32,33)/t25-,26-/m0/s1. The third-order valence-electron chi connectivity index (χ3n) is 7.95. The van der Waals surface area contributed by atoms with Gasteiger partial charge in [-0.3, -0.25) is 14.5 Å². The largest absolute Gasteiger partial charge is 0.370 e. The van der Waals surface area contributed by atoms with Crippen molar-refractivity contribution in [2.24, 2.45) is 28.1 Å². The van der Waals surface area contributed by atoms with Gasteiger partial charge in [-0.25, -0.2) is 4.99 Å². The van der Waals surface area contributed by atoms with Crippen LogP contribution in [0.3, 0.4) is 0 Å². The zero-order valence-corrected chi connectivity index (χ0v) is 23.2. The molecule has 1 saturated heterocycles. The van der Waals surface area contributed by atoms with Crippen LogP contribution in [0, 0.1) is 5.92 Å². The van der Waals surface area contributed by atoms with Crippen molar-refractivity contribution in [3.8, 4) is 0 Å². The maximum absolute atomic E-state index is 13.6. The molecule has 3 rings (SSSR count). The molecule has 9 heteroatoms. The number of benzene rings is 1. The molecule has 1 aromatic rings. The normalized spacial score (nSPS) is 18.5. The molecule has 7 N–H and O–H groups in total. The summed E-state index contributed by atoms with van der Waals surface area (Å²) in [5.41, 5.74) is 18.7. The van der Waals surface area contributed by atoms with E-state index in [1.807, 2.05) is 17.0 Å². The molecule has 38 heavy (non-hydrogen) atoms. The number of carbonyl (C=O) groups is 2. The molecule has 1 aromatic carbocycles. The van der Waals surface area contributed by atoms with Crippen molar-refractivity contribution < 1.29 is 9.59 Å². The van der Waals surface area contributed by atoms with Crippen LogP contribution in [-0.4, -0.2) is 72.4 Å². The number of unbranched alkanes of at least 4 members (excludes halogenated alkanes) is 2. The highest BCUT2D eigenvalue weighted by atomic mass is 16.2. The van der Waals surface area contributed by atoms with Crippen molar-refractivity contribution in [2.45, 2.75) is 89.6 Å². The molecule has 2 atom stereocenters. The van der Waals surface area contributed by atoms with E-state index in [4.69, 9.17) is 17.2 Å². The van der Waals surface area contributed by atoms with Gasteiger partial charge in [0, 0.05) is 26.2 Å². The van der Waals surface area contributed by atoms with E-state index in [1.54, 1.807) is 12.1 Å². The lowest BCUT2D eigenvalue weighted by molar-refractivity contribution is -0.138. The van der Waals surface area contributed by atoms with E-state index in [-0.39, 0.29) is 17.8 Å². The fraction of sp³-hybridized carbons (Fsp3) is 0.690. The average Bonchev–Trinajstić information content (AvgIpc) is 2.92. The van der Waals surface area contributed by atoms with Gasteiger partial charge >= 0.3 is 0 Å². The van der Waals surface area contributed by atoms with Crippen LogP contribution in [0.15, 0.2) is 29.3 Å². The number of hydrogen-bond acceptors (Lipinski definition) is 5.